The zero-order valence-electron chi connectivity index (χ0n) is 19.2. The maximum atomic E-state index is 12.9. The molecule has 180 valence electrons. The Hall–Kier alpha value is -2.42. The second-order valence-corrected chi connectivity index (χ2v) is 11.5. The van der Waals surface area contributed by atoms with Gasteiger partial charge in [0.25, 0.3) is 5.91 Å². The van der Waals surface area contributed by atoms with Crippen LogP contribution in [0.15, 0.2) is 79.5 Å². The quantitative estimate of drug-likeness (QED) is 0.423. The number of likely N-dealkylation sites (tertiary alicyclic amines) is 1. The minimum absolute atomic E-state index is 0.0193. The average Bonchev–Trinajstić information content (AvgIpc) is 3.19. The fraction of sp³-hybridized carbons (Fsp3) is 0.346. The van der Waals surface area contributed by atoms with Gasteiger partial charge in [-0.1, -0.05) is 58.6 Å². The number of furan rings is 1. The van der Waals surface area contributed by atoms with Crippen molar-refractivity contribution in [3.05, 3.63) is 82.0 Å². The summed E-state index contributed by atoms with van der Waals surface area (Å²) in [4.78, 5) is 15.4. The highest BCUT2D eigenvalue weighted by atomic mass is 79.9. The minimum atomic E-state index is -3.84. The molecular formula is C26H29BrN2O4S. The van der Waals surface area contributed by atoms with Crippen LogP contribution in [0.25, 0.3) is 0 Å². The Balaban J connectivity index is 1.49. The van der Waals surface area contributed by atoms with Crippen molar-refractivity contribution in [1.82, 2.24) is 10.2 Å². The molecule has 1 aliphatic rings. The molecule has 6 nitrogen and oxygen atoms in total. The molecule has 0 spiro atoms. The number of carbonyl (C=O) groups is 1. The number of benzene rings is 2. The summed E-state index contributed by atoms with van der Waals surface area (Å²) in [6.45, 7) is 4.45. The van der Waals surface area contributed by atoms with E-state index in [4.69, 9.17) is 4.42 Å². The molecule has 0 radical (unpaired) electrons. The molecule has 4 rings (SSSR count). The number of rotatable bonds is 7. The third kappa shape index (κ3) is 5.79. The van der Waals surface area contributed by atoms with Gasteiger partial charge in [0.15, 0.2) is 5.76 Å². The fourth-order valence-electron chi connectivity index (χ4n) is 4.25. The van der Waals surface area contributed by atoms with Crippen LogP contribution in [-0.2, 0) is 9.84 Å². The Morgan fingerprint density at radius 3 is 2.26 bits per heavy atom. The number of hydrogen-bond acceptors (Lipinski definition) is 5. The first-order chi connectivity index (χ1) is 16.3. The SMILES string of the molecule is Cc1ccc(C(CNC(=O)c2ccc(S(=O)(=O)c3ccc(Br)cc3)o2)N2CCCCCC2)cc1. The van der Waals surface area contributed by atoms with Gasteiger partial charge in [-0.15, -0.1) is 0 Å². The Bertz CT molecular complexity index is 1210. The van der Waals surface area contributed by atoms with E-state index in [-0.39, 0.29) is 21.8 Å². The van der Waals surface area contributed by atoms with Gasteiger partial charge in [-0.05, 0) is 74.8 Å². The van der Waals surface area contributed by atoms with E-state index >= 15 is 0 Å². The van der Waals surface area contributed by atoms with Gasteiger partial charge in [0.05, 0.1) is 10.9 Å². The monoisotopic (exact) mass is 544 g/mol. The van der Waals surface area contributed by atoms with E-state index in [2.05, 4.69) is 57.3 Å². The highest BCUT2D eigenvalue weighted by molar-refractivity contribution is 9.10. The molecule has 1 amide bonds. The number of nitrogens with one attached hydrogen (secondary N) is 1. The van der Waals surface area contributed by atoms with Gasteiger partial charge < -0.3 is 9.73 Å². The molecule has 2 heterocycles. The van der Waals surface area contributed by atoms with Crippen molar-refractivity contribution >= 4 is 31.7 Å². The van der Waals surface area contributed by atoms with Crippen LogP contribution in [0, 0.1) is 6.92 Å². The van der Waals surface area contributed by atoms with Crippen LogP contribution < -0.4 is 5.32 Å². The molecule has 1 N–H and O–H groups in total. The maximum Gasteiger partial charge on any atom is 0.287 e. The predicted molar refractivity (Wildman–Crippen MR) is 135 cm³/mol. The van der Waals surface area contributed by atoms with Crippen molar-refractivity contribution in [1.29, 1.82) is 0 Å². The van der Waals surface area contributed by atoms with Crippen molar-refractivity contribution in [2.75, 3.05) is 19.6 Å². The van der Waals surface area contributed by atoms with E-state index in [0.717, 1.165) is 36.0 Å². The molecule has 1 atom stereocenters. The van der Waals surface area contributed by atoms with E-state index in [1.54, 1.807) is 12.1 Å². The van der Waals surface area contributed by atoms with Crippen molar-refractivity contribution in [3.63, 3.8) is 0 Å². The fourth-order valence-corrected chi connectivity index (χ4v) is 5.68. The lowest BCUT2D eigenvalue weighted by atomic mass is 10.0. The highest BCUT2D eigenvalue weighted by Gasteiger charge is 2.26. The zero-order chi connectivity index (χ0) is 24.1. The molecule has 2 aromatic carbocycles. The second kappa shape index (κ2) is 10.9. The average molecular weight is 545 g/mol. The number of hydrogen-bond donors (Lipinski definition) is 1. The molecule has 1 fully saturated rings. The number of carbonyl (C=O) groups excluding carboxylic acids is 1. The van der Waals surface area contributed by atoms with E-state index in [9.17, 15) is 13.2 Å². The van der Waals surface area contributed by atoms with Crippen LogP contribution in [-0.4, -0.2) is 38.9 Å². The van der Waals surface area contributed by atoms with Crippen LogP contribution in [0.2, 0.25) is 0 Å². The van der Waals surface area contributed by atoms with Crippen LogP contribution in [0.4, 0.5) is 0 Å². The van der Waals surface area contributed by atoms with Gasteiger partial charge in [-0.25, -0.2) is 8.42 Å². The van der Waals surface area contributed by atoms with E-state index < -0.39 is 15.7 Å². The lowest BCUT2D eigenvalue weighted by Gasteiger charge is -2.31. The summed E-state index contributed by atoms with van der Waals surface area (Å²) in [5.41, 5.74) is 2.35. The van der Waals surface area contributed by atoms with Crippen LogP contribution in [0.5, 0.6) is 0 Å². The van der Waals surface area contributed by atoms with Crippen molar-refractivity contribution < 1.29 is 17.6 Å². The molecule has 1 aliphatic heterocycles. The largest absolute Gasteiger partial charge is 0.439 e. The lowest BCUT2D eigenvalue weighted by molar-refractivity contribution is 0.0900. The number of amides is 1. The lowest BCUT2D eigenvalue weighted by Crippen LogP contribution is -2.38. The third-order valence-electron chi connectivity index (χ3n) is 6.19. The van der Waals surface area contributed by atoms with Crippen molar-refractivity contribution in [2.45, 2.75) is 48.6 Å². The molecular weight excluding hydrogens is 516 g/mol. The molecule has 1 unspecified atom stereocenters. The molecule has 0 aliphatic carbocycles. The van der Waals surface area contributed by atoms with Gasteiger partial charge in [-0.3, -0.25) is 9.69 Å². The highest BCUT2D eigenvalue weighted by Crippen LogP contribution is 2.26. The third-order valence-corrected chi connectivity index (χ3v) is 8.36. The summed E-state index contributed by atoms with van der Waals surface area (Å²) in [5, 5.41) is 2.72. The smallest absolute Gasteiger partial charge is 0.287 e. The number of halogens is 1. The van der Waals surface area contributed by atoms with Crippen LogP contribution in [0.3, 0.4) is 0 Å². The van der Waals surface area contributed by atoms with Gasteiger partial charge in [0.2, 0.25) is 14.9 Å². The number of nitrogens with zero attached hydrogens (tertiary/aromatic N) is 1. The maximum absolute atomic E-state index is 12.9. The number of sulfone groups is 1. The Morgan fingerprint density at radius 2 is 1.62 bits per heavy atom. The molecule has 0 bridgehead atoms. The Morgan fingerprint density at radius 1 is 0.971 bits per heavy atom. The molecule has 8 heteroatoms. The summed E-state index contributed by atoms with van der Waals surface area (Å²) in [6, 6.07) is 17.5. The van der Waals surface area contributed by atoms with E-state index in [0.29, 0.717) is 6.54 Å². The summed E-state index contributed by atoms with van der Waals surface area (Å²) >= 11 is 3.30. The van der Waals surface area contributed by atoms with Crippen molar-refractivity contribution in [2.24, 2.45) is 0 Å². The standard InChI is InChI=1S/C26H29BrN2O4S/c1-19-6-8-20(9-7-19)23(29-16-4-2-3-5-17-29)18-28-26(30)24-14-15-25(33-24)34(31,32)22-12-10-21(27)11-13-22/h6-15,23H,2-5,16-18H2,1H3,(H,28,30). The van der Waals surface area contributed by atoms with Crippen LogP contribution >= 0.6 is 15.9 Å². The molecule has 0 saturated carbocycles. The van der Waals surface area contributed by atoms with Gasteiger partial charge in [0, 0.05) is 11.0 Å². The summed E-state index contributed by atoms with van der Waals surface area (Å²) in [5.74, 6) is -0.446. The van der Waals surface area contributed by atoms with E-state index in [1.807, 2.05) is 0 Å². The van der Waals surface area contributed by atoms with Gasteiger partial charge in [-0.2, -0.15) is 0 Å². The van der Waals surface area contributed by atoms with Gasteiger partial charge >= 0.3 is 0 Å². The Labute approximate surface area is 209 Å². The van der Waals surface area contributed by atoms with Gasteiger partial charge in [0.1, 0.15) is 0 Å². The van der Waals surface area contributed by atoms with Crippen molar-refractivity contribution in [3.8, 4) is 0 Å². The predicted octanol–water partition coefficient (Wildman–Crippen LogP) is 5.53. The molecule has 34 heavy (non-hydrogen) atoms. The first-order valence-electron chi connectivity index (χ1n) is 11.5. The molecule has 1 aromatic heterocycles. The topological polar surface area (TPSA) is 79.6 Å². The molecule has 1 saturated heterocycles. The minimum Gasteiger partial charge on any atom is -0.439 e. The summed E-state index contributed by atoms with van der Waals surface area (Å²) in [7, 11) is -3.84. The molecule has 3 aromatic rings. The summed E-state index contributed by atoms with van der Waals surface area (Å²) < 4.78 is 32.0. The first kappa shape index (κ1) is 24.7. The summed E-state index contributed by atoms with van der Waals surface area (Å²) in [6.07, 6.45) is 4.74. The normalized spacial score (nSPS) is 16.1. The van der Waals surface area contributed by atoms with Crippen LogP contribution in [0.1, 0.15) is 53.4 Å². The van der Waals surface area contributed by atoms with E-state index in [1.165, 1.54) is 42.7 Å². The second-order valence-electron chi connectivity index (χ2n) is 8.66. The Kier molecular flexibility index (Phi) is 7.91. The zero-order valence-corrected chi connectivity index (χ0v) is 21.6. The first-order valence-corrected chi connectivity index (χ1v) is 13.8. The number of aryl methyl sites for hydroxylation is 1.